The van der Waals surface area contributed by atoms with Crippen LogP contribution >= 0.6 is 0 Å². The van der Waals surface area contributed by atoms with Gasteiger partial charge in [-0.25, -0.2) is 8.42 Å². The van der Waals surface area contributed by atoms with Crippen LogP contribution in [0.2, 0.25) is 0 Å². The smallest absolute Gasteiger partial charge is 0.320 e. The minimum atomic E-state index is -3.67. The van der Waals surface area contributed by atoms with Crippen molar-refractivity contribution < 1.29 is 18.3 Å². The minimum Gasteiger partial charge on any atom is -0.480 e. The Morgan fingerprint density at radius 2 is 2.00 bits per heavy atom. The topological polar surface area (TPSA) is 86.7 Å². The van der Waals surface area contributed by atoms with E-state index in [0.717, 1.165) is 25.9 Å². The molecule has 1 fully saturated rings. The summed E-state index contributed by atoms with van der Waals surface area (Å²) in [6.07, 6.45) is 1.49. The van der Waals surface area contributed by atoms with E-state index >= 15 is 0 Å². The summed E-state index contributed by atoms with van der Waals surface area (Å²) in [5.41, 5.74) is 0. The molecule has 0 aromatic rings. The summed E-state index contributed by atoms with van der Waals surface area (Å²) in [5.74, 6) is -2.11. The number of sulfonamides is 1. The van der Waals surface area contributed by atoms with Gasteiger partial charge >= 0.3 is 5.97 Å². The Bertz CT molecular complexity index is 335. The molecule has 1 aliphatic heterocycles. The van der Waals surface area contributed by atoms with Gasteiger partial charge in [0.2, 0.25) is 10.0 Å². The lowest BCUT2D eigenvalue weighted by Crippen LogP contribution is -2.47. The molecule has 0 unspecified atom stereocenters. The van der Waals surface area contributed by atoms with Crippen LogP contribution in [0, 0.1) is 0 Å². The Morgan fingerprint density at radius 1 is 1.44 bits per heavy atom. The molecule has 6 nitrogen and oxygen atoms in total. The number of rotatable bonds is 5. The number of nitrogens with zero attached hydrogens (tertiary/aromatic N) is 1. The molecule has 0 aliphatic carbocycles. The van der Waals surface area contributed by atoms with Gasteiger partial charge < -0.3 is 10.4 Å². The van der Waals surface area contributed by atoms with Gasteiger partial charge in [-0.05, 0) is 25.9 Å². The van der Waals surface area contributed by atoms with Crippen molar-refractivity contribution in [3.8, 4) is 0 Å². The van der Waals surface area contributed by atoms with Crippen LogP contribution in [0.5, 0.6) is 0 Å². The average Bonchev–Trinajstić information content (AvgIpc) is 2.17. The Morgan fingerprint density at radius 3 is 2.44 bits per heavy atom. The molecule has 0 atom stereocenters. The second-order valence-electron chi connectivity index (χ2n) is 3.83. The fraction of sp³-hybridized carbons (Fsp3) is 0.889. The van der Waals surface area contributed by atoms with Gasteiger partial charge in [0, 0.05) is 12.6 Å². The molecule has 1 aliphatic rings. The Labute approximate surface area is 95.7 Å². The maximum absolute atomic E-state index is 11.8. The van der Waals surface area contributed by atoms with Gasteiger partial charge in [-0.2, -0.15) is 4.31 Å². The Hall–Kier alpha value is -0.660. The number of piperidine rings is 1. The fourth-order valence-corrected chi connectivity index (χ4v) is 3.55. The number of aliphatic carboxylic acids is 1. The normalized spacial score (nSPS) is 18.9. The van der Waals surface area contributed by atoms with E-state index in [4.69, 9.17) is 5.11 Å². The van der Waals surface area contributed by atoms with E-state index in [1.807, 2.05) is 0 Å². The molecule has 0 radical (unpaired) electrons. The summed E-state index contributed by atoms with van der Waals surface area (Å²) in [7, 11) is -3.67. The maximum atomic E-state index is 11.8. The van der Waals surface area contributed by atoms with Gasteiger partial charge in [0.05, 0.1) is 0 Å². The van der Waals surface area contributed by atoms with Crippen LogP contribution in [0.4, 0.5) is 0 Å². The molecule has 0 saturated carbocycles. The number of nitrogens with one attached hydrogen (secondary N) is 1. The van der Waals surface area contributed by atoms with Crippen LogP contribution in [0.25, 0.3) is 0 Å². The summed E-state index contributed by atoms with van der Waals surface area (Å²) < 4.78 is 24.9. The zero-order valence-corrected chi connectivity index (χ0v) is 10.2. The summed E-state index contributed by atoms with van der Waals surface area (Å²) in [4.78, 5) is 10.5. The lowest BCUT2D eigenvalue weighted by atomic mass is 10.1. The van der Waals surface area contributed by atoms with Gasteiger partial charge in [0.25, 0.3) is 0 Å². The number of carboxylic acid groups (broad SMARTS) is 1. The molecule has 94 valence electrons. The molecule has 1 saturated heterocycles. The van der Waals surface area contributed by atoms with Gasteiger partial charge in [-0.3, -0.25) is 4.79 Å². The molecule has 0 aromatic carbocycles. The van der Waals surface area contributed by atoms with E-state index in [9.17, 15) is 13.2 Å². The summed E-state index contributed by atoms with van der Waals surface area (Å²) in [6, 6.07) is -0.0596. The first-order valence-corrected chi connectivity index (χ1v) is 7.00. The van der Waals surface area contributed by atoms with Crippen LogP contribution in [0.1, 0.15) is 19.8 Å². The zero-order valence-electron chi connectivity index (χ0n) is 9.35. The first-order chi connectivity index (χ1) is 7.47. The zero-order chi connectivity index (χ0) is 12.2. The summed E-state index contributed by atoms with van der Waals surface area (Å²) in [5, 5.41) is 11.7. The highest BCUT2D eigenvalue weighted by Crippen LogP contribution is 2.16. The molecule has 1 heterocycles. The molecule has 2 N–H and O–H groups in total. The van der Waals surface area contributed by atoms with Crippen molar-refractivity contribution in [1.29, 1.82) is 0 Å². The highest BCUT2D eigenvalue weighted by atomic mass is 32.2. The molecule has 0 bridgehead atoms. The standard InChI is InChI=1S/C9H18N2O4S/c1-2-11(8-3-5-10-6-4-8)16(14,15)7-9(12)13/h8,10H,2-7H2,1H3,(H,12,13). The quantitative estimate of drug-likeness (QED) is 0.685. The Kier molecular flexibility index (Phi) is 4.69. The van der Waals surface area contributed by atoms with Crippen molar-refractivity contribution >= 4 is 16.0 Å². The van der Waals surface area contributed by atoms with E-state index in [2.05, 4.69) is 5.32 Å². The van der Waals surface area contributed by atoms with Crippen molar-refractivity contribution in [2.24, 2.45) is 0 Å². The largest absolute Gasteiger partial charge is 0.480 e. The predicted octanol–water partition coefficient (Wildman–Crippen LogP) is -0.525. The highest BCUT2D eigenvalue weighted by Gasteiger charge is 2.31. The Balaban J connectivity index is 2.75. The van der Waals surface area contributed by atoms with Crippen molar-refractivity contribution in [3.63, 3.8) is 0 Å². The molecular weight excluding hydrogens is 232 g/mol. The second-order valence-corrected chi connectivity index (χ2v) is 5.76. The first kappa shape index (κ1) is 13.4. The minimum absolute atomic E-state index is 0.0596. The summed E-state index contributed by atoms with van der Waals surface area (Å²) in [6.45, 7) is 3.63. The fourth-order valence-electron chi connectivity index (χ4n) is 2.02. The lowest BCUT2D eigenvalue weighted by molar-refractivity contribution is -0.134. The van der Waals surface area contributed by atoms with E-state index in [-0.39, 0.29) is 6.04 Å². The number of hydrogen-bond acceptors (Lipinski definition) is 4. The number of carbonyl (C=O) groups is 1. The third-order valence-corrected chi connectivity index (χ3v) is 4.57. The van der Waals surface area contributed by atoms with Crippen LogP contribution in [-0.2, 0) is 14.8 Å². The van der Waals surface area contributed by atoms with Crippen LogP contribution in [0.15, 0.2) is 0 Å². The second kappa shape index (κ2) is 5.60. The molecule has 0 aromatic heterocycles. The number of carboxylic acids is 1. The highest BCUT2D eigenvalue weighted by molar-refractivity contribution is 7.89. The average molecular weight is 250 g/mol. The van der Waals surface area contributed by atoms with Crippen molar-refractivity contribution in [2.45, 2.75) is 25.8 Å². The van der Waals surface area contributed by atoms with E-state index in [1.54, 1.807) is 6.92 Å². The first-order valence-electron chi connectivity index (χ1n) is 5.39. The summed E-state index contributed by atoms with van der Waals surface area (Å²) >= 11 is 0. The van der Waals surface area contributed by atoms with Crippen molar-refractivity contribution in [2.75, 3.05) is 25.4 Å². The van der Waals surface area contributed by atoms with Crippen LogP contribution < -0.4 is 5.32 Å². The monoisotopic (exact) mass is 250 g/mol. The molecule has 7 heteroatoms. The van der Waals surface area contributed by atoms with Gasteiger partial charge in [0.1, 0.15) is 0 Å². The van der Waals surface area contributed by atoms with Gasteiger partial charge in [0.15, 0.2) is 5.75 Å². The molecule has 1 rings (SSSR count). The van der Waals surface area contributed by atoms with Gasteiger partial charge in [-0.1, -0.05) is 6.92 Å². The maximum Gasteiger partial charge on any atom is 0.320 e. The predicted molar refractivity (Wildman–Crippen MR) is 59.7 cm³/mol. The van der Waals surface area contributed by atoms with E-state index in [0.29, 0.717) is 6.54 Å². The molecule has 0 spiro atoms. The SMILES string of the molecule is CCN(C1CCNCC1)S(=O)(=O)CC(=O)O. The van der Waals surface area contributed by atoms with Crippen molar-refractivity contribution in [3.05, 3.63) is 0 Å². The van der Waals surface area contributed by atoms with Crippen LogP contribution in [0.3, 0.4) is 0 Å². The molecular formula is C9H18N2O4S. The van der Waals surface area contributed by atoms with E-state index in [1.165, 1.54) is 4.31 Å². The molecule has 16 heavy (non-hydrogen) atoms. The third kappa shape index (κ3) is 3.43. The third-order valence-electron chi connectivity index (χ3n) is 2.69. The lowest BCUT2D eigenvalue weighted by Gasteiger charge is -2.32. The number of hydrogen-bond donors (Lipinski definition) is 2. The van der Waals surface area contributed by atoms with Crippen LogP contribution in [-0.4, -0.2) is 55.2 Å². The molecule has 0 amide bonds. The van der Waals surface area contributed by atoms with Gasteiger partial charge in [-0.15, -0.1) is 0 Å². The van der Waals surface area contributed by atoms with Crippen molar-refractivity contribution in [1.82, 2.24) is 9.62 Å². The van der Waals surface area contributed by atoms with E-state index < -0.39 is 21.7 Å².